The highest BCUT2D eigenvalue weighted by atomic mass is 15.2. The molecule has 1 aliphatic rings. The molecule has 2 heterocycles. The molecule has 0 spiro atoms. The first-order valence-electron chi connectivity index (χ1n) is 5.86. The van der Waals surface area contributed by atoms with Crippen LogP contribution in [0.15, 0.2) is 42.6 Å². The lowest BCUT2D eigenvalue weighted by Gasteiger charge is -2.16. The van der Waals surface area contributed by atoms with Gasteiger partial charge in [0.1, 0.15) is 11.7 Å². The number of hydrogen-bond acceptors (Lipinski definition) is 3. The molecule has 0 unspecified atom stereocenters. The number of amidine groups is 1. The Kier molecular flexibility index (Phi) is 2.48. The first kappa shape index (κ1) is 10.8. The molecule has 0 bridgehead atoms. The molecule has 0 saturated heterocycles. The molecule has 18 heavy (non-hydrogen) atoms. The average Bonchev–Trinajstić information content (AvgIpc) is 2.82. The molecule has 1 aliphatic heterocycles. The molecule has 2 aromatic rings. The lowest BCUT2D eigenvalue weighted by Crippen LogP contribution is -2.17. The summed E-state index contributed by atoms with van der Waals surface area (Å²) in [6.07, 6.45) is 1.65. The Bertz CT molecular complexity index is 564. The smallest absolute Gasteiger partial charge is 0.129 e. The summed E-state index contributed by atoms with van der Waals surface area (Å²) in [6, 6.07) is 12.2. The molecular weight excluding hydrogens is 224 g/mol. The number of hydrogen-bond donors (Lipinski definition) is 2. The van der Waals surface area contributed by atoms with Crippen LogP contribution in [0.25, 0.3) is 0 Å². The zero-order valence-electron chi connectivity index (χ0n) is 9.93. The summed E-state index contributed by atoms with van der Waals surface area (Å²) in [7, 11) is 0. The van der Waals surface area contributed by atoms with E-state index in [1.807, 2.05) is 12.1 Å². The summed E-state index contributed by atoms with van der Waals surface area (Å²) in [4.78, 5) is 6.59. The molecule has 3 N–H and O–H groups in total. The molecule has 3 rings (SSSR count). The number of fused-ring (bicyclic) bond motifs is 1. The van der Waals surface area contributed by atoms with Gasteiger partial charge in [0.05, 0.1) is 0 Å². The molecule has 1 aromatic carbocycles. The summed E-state index contributed by atoms with van der Waals surface area (Å²) in [5, 5.41) is 7.34. The molecular formula is C14H14N4. The van der Waals surface area contributed by atoms with Crippen LogP contribution in [0.2, 0.25) is 0 Å². The van der Waals surface area contributed by atoms with E-state index in [9.17, 15) is 0 Å². The van der Waals surface area contributed by atoms with Crippen molar-refractivity contribution < 1.29 is 0 Å². The van der Waals surface area contributed by atoms with Crippen molar-refractivity contribution in [3.63, 3.8) is 0 Å². The van der Waals surface area contributed by atoms with Gasteiger partial charge in [0.2, 0.25) is 0 Å². The molecule has 0 atom stereocenters. The van der Waals surface area contributed by atoms with E-state index in [0.29, 0.717) is 5.56 Å². The van der Waals surface area contributed by atoms with E-state index < -0.39 is 0 Å². The highest BCUT2D eigenvalue weighted by Crippen LogP contribution is 2.26. The second kappa shape index (κ2) is 4.14. The molecule has 0 saturated carbocycles. The first-order chi connectivity index (χ1) is 8.74. The standard InChI is InChI=1S/C14H14N4/c15-14(16)10-5-6-13(17-7-10)18-8-11-3-1-2-4-12(11)9-18/h1-7H,8-9H2,(H3,15,16). The third-order valence-corrected chi connectivity index (χ3v) is 3.22. The topological polar surface area (TPSA) is 66.0 Å². The average molecular weight is 238 g/mol. The number of nitrogens with one attached hydrogen (secondary N) is 1. The second-order valence-corrected chi connectivity index (χ2v) is 4.44. The fraction of sp³-hybridized carbons (Fsp3) is 0.143. The van der Waals surface area contributed by atoms with Crippen molar-refractivity contribution in [2.24, 2.45) is 5.73 Å². The van der Waals surface area contributed by atoms with Gasteiger partial charge < -0.3 is 10.6 Å². The van der Waals surface area contributed by atoms with Crippen LogP contribution in [-0.2, 0) is 13.1 Å². The van der Waals surface area contributed by atoms with Gasteiger partial charge in [0.15, 0.2) is 0 Å². The Morgan fingerprint density at radius 3 is 2.28 bits per heavy atom. The van der Waals surface area contributed by atoms with E-state index in [2.05, 4.69) is 34.1 Å². The maximum atomic E-state index is 7.34. The molecule has 90 valence electrons. The third kappa shape index (κ3) is 1.82. The predicted octanol–water partition coefficient (Wildman–Crippen LogP) is 1.89. The van der Waals surface area contributed by atoms with Gasteiger partial charge in [0.25, 0.3) is 0 Å². The van der Waals surface area contributed by atoms with E-state index >= 15 is 0 Å². The van der Waals surface area contributed by atoms with Gasteiger partial charge >= 0.3 is 0 Å². The van der Waals surface area contributed by atoms with Crippen molar-refractivity contribution >= 4 is 11.7 Å². The maximum Gasteiger partial charge on any atom is 0.129 e. The van der Waals surface area contributed by atoms with Crippen LogP contribution in [0.5, 0.6) is 0 Å². The first-order valence-corrected chi connectivity index (χ1v) is 5.86. The quantitative estimate of drug-likeness (QED) is 0.620. The summed E-state index contributed by atoms with van der Waals surface area (Å²) >= 11 is 0. The molecule has 0 amide bonds. The van der Waals surface area contributed by atoms with Crippen molar-refractivity contribution in [3.05, 3.63) is 59.3 Å². The second-order valence-electron chi connectivity index (χ2n) is 4.44. The Morgan fingerprint density at radius 2 is 1.78 bits per heavy atom. The van der Waals surface area contributed by atoms with Crippen LogP contribution in [0.1, 0.15) is 16.7 Å². The number of anilines is 1. The fourth-order valence-electron chi connectivity index (χ4n) is 2.23. The van der Waals surface area contributed by atoms with E-state index in [1.54, 1.807) is 6.20 Å². The number of aromatic nitrogens is 1. The van der Waals surface area contributed by atoms with E-state index in [4.69, 9.17) is 11.1 Å². The van der Waals surface area contributed by atoms with E-state index in [1.165, 1.54) is 11.1 Å². The highest BCUT2D eigenvalue weighted by Gasteiger charge is 2.19. The highest BCUT2D eigenvalue weighted by molar-refractivity contribution is 5.94. The summed E-state index contributed by atoms with van der Waals surface area (Å²) in [5.41, 5.74) is 8.79. The van der Waals surface area contributed by atoms with Gasteiger partial charge in [-0.1, -0.05) is 24.3 Å². The Labute approximate surface area is 106 Å². The van der Waals surface area contributed by atoms with E-state index in [-0.39, 0.29) is 5.84 Å². The Morgan fingerprint density at radius 1 is 1.11 bits per heavy atom. The molecule has 4 heteroatoms. The largest absolute Gasteiger partial charge is 0.384 e. The SMILES string of the molecule is N=C(N)c1ccc(N2Cc3ccccc3C2)nc1. The van der Waals surface area contributed by atoms with Crippen molar-refractivity contribution in [2.45, 2.75) is 13.1 Å². The van der Waals surface area contributed by atoms with E-state index in [0.717, 1.165) is 18.9 Å². The molecule has 0 aliphatic carbocycles. The van der Waals surface area contributed by atoms with Crippen molar-refractivity contribution in [3.8, 4) is 0 Å². The summed E-state index contributed by atoms with van der Waals surface area (Å²) in [6.45, 7) is 1.78. The minimum absolute atomic E-state index is 0.0544. The van der Waals surface area contributed by atoms with Gasteiger partial charge in [0, 0.05) is 24.8 Å². The number of rotatable bonds is 2. The maximum absolute atomic E-state index is 7.34. The van der Waals surface area contributed by atoms with Gasteiger partial charge in [-0.2, -0.15) is 0 Å². The molecule has 0 fully saturated rings. The fourth-order valence-corrected chi connectivity index (χ4v) is 2.23. The Balaban J connectivity index is 1.84. The molecule has 4 nitrogen and oxygen atoms in total. The van der Waals surface area contributed by atoms with Crippen LogP contribution < -0.4 is 10.6 Å². The van der Waals surface area contributed by atoms with Gasteiger partial charge in [-0.05, 0) is 23.3 Å². The normalized spacial score (nSPS) is 13.4. The summed E-state index contributed by atoms with van der Waals surface area (Å²) in [5.74, 6) is 0.981. The molecule has 0 radical (unpaired) electrons. The van der Waals surface area contributed by atoms with Crippen molar-refractivity contribution in [1.29, 1.82) is 5.41 Å². The lowest BCUT2D eigenvalue weighted by molar-refractivity contribution is 0.856. The van der Waals surface area contributed by atoms with Crippen molar-refractivity contribution in [2.75, 3.05) is 4.90 Å². The number of nitrogens with zero attached hydrogens (tertiary/aromatic N) is 2. The minimum atomic E-state index is 0.0544. The Hall–Kier alpha value is -2.36. The molecule has 1 aromatic heterocycles. The van der Waals surface area contributed by atoms with Crippen LogP contribution in [0.3, 0.4) is 0 Å². The number of pyridine rings is 1. The monoisotopic (exact) mass is 238 g/mol. The lowest BCUT2D eigenvalue weighted by atomic mass is 10.1. The third-order valence-electron chi connectivity index (χ3n) is 3.22. The zero-order chi connectivity index (χ0) is 12.5. The zero-order valence-corrected chi connectivity index (χ0v) is 9.93. The van der Waals surface area contributed by atoms with Gasteiger partial charge in [-0.25, -0.2) is 4.98 Å². The minimum Gasteiger partial charge on any atom is -0.384 e. The van der Waals surface area contributed by atoms with Crippen molar-refractivity contribution in [1.82, 2.24) is 4.98 Å². The number of nitrogens with two attached hydrogens (primary N) is 1. The number of nitrogen functional groups attached to an aromatic ring is 1. The summed E-state index contributed by atoms with van der Waals surface area (Å²) < 4.78 is 0. The van der Waals surface area contributed by atoms with Gasteiger partial charge in [-0.15, -0.1) is 0 Å². The van der Waals surface area contributed by atoms with Crippen LogP contribution >= 0.6 is 0 Å². The predicted molar refractivity (Wildman–Crippen MR) is 71.6 cm³/mol. The van der Waals surface area contributed by atoms with Gasteiger partial charge in [-0.3, -0.25) is 5.41 Å². The van der Waals surface area contributed by atoms with Crippen LogP contribution in [-0.4, -0.2) is 10.8 Å². The van der Waals surface area contributed by atoms with Crippen LogP contribution in [0, 0.1) is 5.41 Å². The number of benzene rings is 1. The van der Waals surface area contributed by atoms with Crippen LogP contribution in [0.4, 0.5) is 5.82 Å².